The minimum atomic E-state index is -0.243. The molecule has 9 heteroatoms. The minimum Gasteiger partial charge on any atom is -0.362 e. The van der Waals surface area contributed by atoms with Crippen LogP contribution in [0.2, 0.25) is 5.15 Å². The number of pyridine rings is 1. The quantitative estimate of drug-likeness (QED) is 0.470. The van der Waals surface area contributed by atoms with E-state index in [0.717, 1.165) is 16.6 Å². The van der Waals surface area contributed by atoms with E-state index in [1.165, 1.54) is 6.20 Å². The largest absolute Gasteiger partial charge is 0.362 e. The maximum atomic E-state index is 12.5. The standard InChI is InChI=1S/C21H20ClN7O/c1-12-7-15(9-24-19(12)22)21(30)27-16-6-4-5-14(8-16)13(2)26-18-11-23-17-10-25-29(3)20(17)28-18/h4-11,13H,1-3H3,(H,26,28)(H,27,30)/t13-/m0/s1. The number of carbonyl (C=O) groups is 1. The van der Waals surface area contributed by atoms with Gasteiger partial charge in [-0.15, -0.1) is 0 Å². The summed E-state index contributed by atoms with van der Waals surface area (Å²) >= 11 is 5.94. The highest BCUT2D eigenvalue weighted by Gasteiger charge is 2.12. The van der Waals surface area contributed by atoms with E-state index < -0.39 is 0 Å². The number of nitrogens with one attached hydrogen (secondary N) is 2. The van der Waals surface area contributed by atoms with Crippen LogP contribution in [-0.2, 0) is 7.05 Å². The number of amides is 1. The summed E-state index contributed by atoms with van der Waals surface area (Å²) in [6.45, 7) is 3.83. The molecule has 152 valence electrons. The lowest BCUT2D eigenvalue weighted by Crippen LogP contribution is -2.14. The number of rotatable bonds is 5. The summed E-state index contributed by atoms with van der Waals surface area (Å²) in [5.74, 6) is 0.406. The van der Waals surface area contributed by atoms with Crippen molar-refractivity contribution >= 4 is 40.2 Å². The van der Waals surface area contributed by atoms with Gasteiger partial charge in [0.2, 0.25) is 0 Å². The van der Waals surface area contributed by atoms with E-state index in [-0.39, 0.29) is 11.9 Å². The van der Waals surface area contributed by atoms with Gasteiger partial charge in [-0.05, 0) is 43.2 Å². The molecular formula is C21H20ClN7O. The summed E-state index contributed by atoms with van der Waals surface area (Å²) < 4.78 is 1.68. The van der Waals surface area contributed by atoms with E-state index in [4.69, 9.17) is 11.6 Å². The van der Waals surface area contributed by atoms with Crippen molar-refractivity contribution in [1.82, 2.24) is 24.7 Å². The molecule has 3 heterocycles. The normalized spacial score (nSPS) is 12.0. The van der Waals surface area contributed by atoms with Crippen molar-refractivity contribution in [1.29, 1.82) is 0 Å². The van der Waals surface area contributed by atoms with E-state index >= 15 is 0 Å². The molecule has 0 fully saturated rings. The fourth-order valence-electron chi connectivity index (χ4n) is 3.06. The number of hydrogen-bond acceptors (Lipinski definition) is 6. The summed E-state index contributed by atoms with van der Waals surface area (Å²) in [6, 6.07) is 9.29. The van der Waals surface area contributed by atoms with E-state index in [1.807, 2.05) is 45.2 Å². The molecule has 1 aromatic carbocycles. The Labute approximate surface area is 178 Å². The Kier molecular flexibility index (Phi) is 5.33. The summed E-state index contributed by atoms with van der Waals surface area (Å²) in [6.07, 6.45) is 4.83. The average Bonchev–Trinajstić information content (AvgIpc) is 3.10. The van der Waals surface area contributed by atoms with Crippen LogP contribution < -0.4 is 10.6 Å². The first kappa shape index (κ1) is 19.8. The van der Waals surface area contributed by atoms with Crippen LogP contribution in [0.1, 0.15) is 34.5 Å². The second-order valence-electron chi connectivity index (χ2n) is 7.01. The summed E-state index contributed by atoms with van der Waals surface area (Å²) in [7, 11) is 1.83. The molecule has 0 saturated carbocycles. The van der Waals surface area contributed by atoms with Gasteiger partial charge in [0, 0.05) is 18.9 Å². The molecule has 2 N–H and O–H groups in total. The SMILES string of the molecule is Cc1cc(C(=O)Nc2cccc([C@H](C)Nc3cnc4cnn(C)c4n3)c2)cnc1Cl. The van der Waals surface area contributed by atoms with Gasteiger partial charge >= 0.3 is 0 Å². The van der Waals surface area contributed by atoms with E-state index in [1.54, 1.807) is 23.1 Å². The fraction of sp³-hybridized carbons (Fsp3) is 0.190. The highest BCUT2D eigenvalue weighted by molar-refractivity contribution is 6.30. The maximum Gasteiger partial charge on any atom is 0.257 e. The summed E-state index contributed by atoms with van der Waals surface area (Å²) in [5, 5.41) is 10.8. The van der Waals surface area contributed by atoms with Crippen molar-refractivity contribution in [3.8, 4) is 0 Å². The van der Waals surface area contributed by atoms with Crippen molar-refractivity contribution in [3.63, 3.8) is 0 Å². The van der Waals surface area contributed by atoms with E-state index in [2.05, 4.69) is 30.7 Å². The first-order valence-corrected chi connectivity index (χ1v) is 9.73. The Bertz CT molecular complexity index is 1240. The van der Waals surface area contributed by atoms with Gasteiger partial charge in [0.1, 0.15) is 16.5 Å². The van der Waals surface area contributed by atoms with Gasteiger partial charge in [0.25, 0.3) is 5.91 Å². The Morgan fingerprint density at radius 2 is 2.00 bits per heavy atom. The van der Waals surface area contributed by atoms with Crippen LogP contribution in [-0.4, -0.2) is 30.6 Å². The fourth-order valence-corrected chi connectivity index (χ4v) is 3.16. The van der Waals surface area contributed by atoms with Gasteiger partial charge in [-0.3, -0.25) is 4.79 Å². The zero-order valence-electron chi connectivity index (χ0n) is 16.7. The number of hydrogen-bond donors (Lipinski definition) is 2. The number of halogens is 1. The lowest BCUT2D eigenvalue weighted by Gasteiger charge is -2.16. The number of fused-ring (bicyclic) bond motifs is 1. The Morgan fingerprint density at radius 1 is 1.17 bits per heavy atom. The first-order chi connectivity index (χ1) is 14.4. The second kappa shape index (κ2) is 8.08. The highest BCUT2D eigenvalue weighted by Crippen LogP contribution is 2.22. The smallest absolute Gasteiger partial charge is 0.257 e. The number of anilines is 2. The van der Waals surface area contributed by atoms with Gasteiger partial charge in [0.15, 0.2) is 5.65 Å². The predicted octanol–water partition coefficient (Wildman–Crippen LogP) is 4.15. The number of carbonyl (C=O) groups excluding carboxylic acids is 1. The summed E-state index contributed by atoms with van der Waals surface area (Å²) in [4.78, 5) is 25.5. The third-order valence-electron chi connectivity index (χ3n) is 4.73. The van der Waals surface area contributed by atoms with Crippen LogP contribution in [0.25, 0.3) is 11.2 Å². The molecule has 0 unspecified atom stereocenters. The number of nitrogens with zero attached hydrogens (tertiary/aromatic N) is 5. The lowest BCUT2D eigenvalue weighted by atomic mass is 10.1. The third-order valence-corrected chi connectivity index (χ3v) is 5.12. The van der Waals surface area contributed by atoms with Crippen LogP contribution in [0.4, 0.5) is 11.5 Å². The molecular weight excluding hydrogens is 402 g/mol. The monoisotopic (exact) mass is 421 g/mol. The Hall–Kier alpha value is -3.52. The predicted molar refractivity (Wildman–Crippen MR) is 117 cm³/mol. The zero-order chi connectivity index (χ0) is 21.3. The molecule has 1 amide bonds. The molecule has 0 aliphatic carbocycles. The van der Waals surface area contributed by atoms with E-state index in [9.17, 15) is 4.79 Å². The van der Waals surface area contributed by atoms with Gasteiger partial charge in [0.05, 0.1) is 24.0 Å². The van der Waals surface area contributed by atoms with Crippen molar-refractivity contribution in [2.75, 3.05) is 10.6 Å². The Balaban J connectivity index is 1.49. The van der Waals surface area contributed by atoms with Crippen LogP contribution in [0, 0.1) is 6.92 Å². The van der Waals surface area contributed by atoms with Gasteiger partial charge in [-0.25, -0.2) is 19.6 Å². The van der Waals surface area contributed by atoms with Crippen LogP contribution in [0.3, 0.4) is 0 Å². The van der Waals surface area contributed by atoms with Crippen molar-refractivity contribution in [2.24, 2.45) is 7.05 Å². The molecule has 0 saturated heterocycles. The van der Waals surface area contributed by atoms with Crippen molar-refractivity contribution in [3.05, 3.63) is 70.8 Å². The van der Waals surface area contributed by atoms with Gasteiger partial charge < -0.3 is 10.6 Å². The number of benzene rings is 1. The maximum absolute atomic E-state index is 12.5. The number of aromatic nitrogens is 5. The molecule has 8 nitrogen and oxygen atoms in total. The first-order valence-electron chi connectivity index (χ1n) is 9.35. The summed E-state index contributed by atoms with van der Waals surface area (Å²) in [5.41, 5.74) is 4.33. The molecule has 0 bridgehead atoms. The lowest BCUT2D eigenvalue weighted by molar-refractivity contribution is 0.102. The van der Waals surface area contributed by atoms with Crippen molar-refractivity contribution in [2.45, 2.75) is 19.9 Å². The molecule has 3 aromatic heterocycles. The molecule has 1 atom stereocenters. The topological polar surface area (TPSA) is 97.6 Å². The molecule has 30 heavy (non-hydrogen) atoms. The third kappa shape index (κ3) is 4.08. The Morgan fingerprint density at radius 3 is 2.80 bits per heavy atom. The molecule has 0 spiro atoms. The molecule has 4 aromatic rings. The van der Waals surface area contributed by atoms with Crippen LogP contribution >= 0.6 is 11.6 Å². The minimum absolute atomic E-state index is 0.0544. The van der Waals surface area contributed by atoms with E-state index in [0.29, 0.717) is 27.9 Å². The second-order valence-corrected chi connectivity index (χ2v) is 7.37. The molecule has 0 radical (unpaired) electrons. The number of aryl methyl sites for hydroxylation is 2. The highest BCUT2D eigenvalue weighted by atomic mass is 35.5. The van der Waals surface area contributed by atoms with Crippen molar-refractivity contribution < 1.29 is 4.79 Å². The molecule has 0 aliphatic rings. The van der Waals surface area contributed by atoms with Gasteiger partial charge in [-0.1, -0.05) is 23.7 Å². The van der Waals surface area contributed by atoms with Crippen LogP contribution in [0.5, 0.6) is 0 Å². The zero-order valence-corrected chi connectivity index (χ0v) is 17.5. The molecule has 4 rings (SSSR count). The molecule has 0 aliphatic heterocycles. The van der Waals surface area contributed by atoms with Crippen LogP contribution in [0.15, 0.2) is 48.9 Å². The van der Waals surface area contributed by atoms with Gasteiger partial charge in [-0.2, -0.15) is 5.10 Å². The average molecular weight is 422 g/mol.